The van der Waals surface area contributed by atoms with E-state index in [0.717, 1.165) is 26.2 Å². The van der Waals surface area contributed by atoms with Crippen LogP contribution < -0.4 is 0 Å². The van der Waals surface area contributed by atoms with Gasteiger partial charge in [0.25, 0.3) is 0 Å². The molecule has 1 fully saturated rings. The summed E-state index contributed by atoms with van der Waals surface area (Å²) in [5.41, 5.74) is 0.687. The Morgan fingerprint density at radius 2 is 1.91 bits per heavy atom. The monoisotopic (exact) mass is 318 g/mol. The number of halogens is 1. The fourth-order valence-corrected chi connectivity index (χ4v) is 2.50. The molecule has 1 saturated heterocycles. The molecule has 7 heteroatoms. The van der Waals surface area contributed by atoms with Crippen LogP contribution in [0.2, 0.25) is 0 Å². The zero-order valence-electron chi connectivity index (χ0n) is 13.0. The third-order valence-corrected chi connectivity index (χ3v) is 3.98. The Balaban J connectivity index is 1.55. The molecule has 1 amide bonds. The van der Waals surface area contributed by atoms with Crippen LogP contribution in [0.1, 0.15) is 12.3 Å². The van der Waals surface area contributed by atoms with Crippen molar-refractivity contribution in [3.63, 3.8) is 0 Å². The molecule has 2 aromatic rings. The molecule has 1 aromatic heterocycles. The third kappa shape index (κ3) is 3.92. The summed E-state index contributed by atoms with van der Waals surface area (Å²) in [4.78, 5) is 20.5. The average Bonchev–Trinajstić information content (AvgIpc) is 3.03. The summed E-state index contributed by atoms with van der Waals surface area (Å²) < 4.78 is 18.1. The standard InChI is InChI=1S/C16H19FN4O2/c1-20-8-10-21(11-9-20)15(22)7-6-14-18-16(19-23-14)12-2-4-13(17)5-3-12/h2-5H,6-11H2,1H3. The van der Waals surface area contributed by atoms with Gasteiger partial charge in [0.1, 0.15) is 5.82 Å². The predicted octanol–water partition coefficient (Wildman–Crippen LogP) is 1.58. The Kier molecular flexibility index (Phi) is 4.66. The van der Waals surface area contributed by atoms with Crippen molar-refractivity contribution in [1.29, 1.82) is 0 Å². The maximum Gasteiger partial charge on any atom is 0.227 e. The lowest BCUT2D eigenvalue weighted by Crippen LogP contribution is -2.47. The van der Waals surface area contributed by atoms with Crippen LogP contribution in [0.5, 0.6) is 0 Å². The van der Waals surface area contributed by atoms with Gasteiger partial charge in [0.2, 0.25) is 17.6 Å². The molecule has 0 aliphatic carbocycles. The summed E-state index contributed by atoms with van der Waals surface area (Å²) in [6.07, 6.45) is 0.772. The zero-order valence-corrected chi connectivity index (χ0v) is 13.0. The lowest BCUT2D eigenvalue weighted by molar-refractivity contribution is -0.132. The SMILES string of the molecule is CN1CCN(C(=O)CCc2nc(-c3ccc(F)cc3)no2)CC1. The summed E-state index contributed by atoms with van der Waals surface area (Å²) in [6, 6.07) is 5.89. The first kappa shape index (κ1) is 15.6. The van der Waals surface area contributed by atoms with Gasteiger partial charge in [0.15, 0.2) is 0 Å². The summed E-state index contributed by atoms with van der Waals surface area (Å²) >= 11 is 0. The first-order valence-electron chi connectivity index (χ1n) is 7.66. The van der Waals surface area contributed by atoms with Crippen molar-refractivity contribution >= 4 is 5.91 Å². The van der Waals surface area contributed by atoms with Crippen molar-refractivity contribution in [2.45, 2.75) is 12.8 Å². The van der Waals surface area contributed by atoms with Crippen LogP contribution in [-0.2, 0) is 11.2 Å². The fourth-order valence-electron chi connectivity index (χ4n) is 2.50. The highest BCUT2D eigenvalue weighted by Gasteiger charge is 2.19. The minimum atomic E-state index is -0.310. The van der Waals surface area contributed by atoms with Crippen molar-refractivity contribution < 1.29 is 13.7 Å². The first-order chi connectivity index (χ1) is 11.1. The molecule has 3 rings (SSSR count). The molecule has 0 unspecified atom stereocenters. The molecule has 122 valence electrons. The Hall–Kier alpha value is -2.28. The Morgan fingerprint density at radius 1 is 1.22 bits per heavy atom. The topological polar surface area (TPSA) is 62.5 Å². The van der Waals surface area contributed by atoms with Crippen molar-refractivity contribution in [2.24, 2.45) is 0 Å². The molecule has 6 nitrogen and oxygen atoms in total. The van der Waals surface area contributed by atoms with Crippen LogP contribution in [-0.4, -0.2) is 59.1 Å². The molecule has 1 aliphatic rings. The summed E-state index contributed by atoms with van der Waals surface area (Å²) in [5, 5.41) is 3.88. The van der Waals surface area contributed by atoms with Gasteiger partial charge >= 0.3 is 0 Å². The number of benzene rings is 1. The maximum absolute atomic E-state index is 12.9. The highest BCUT2D eigenvalue weighted by atomic mass is 19.1. The van der Waals surface area contributed by atoms with Crippen LogP contribution in [0.4, 0.5) is 4.39 Å². The van der Waals surface area contributed by atoms with E-state index < -0.39 is 0 Å². The van der Waals surface area contributed by atoms with Crippen molar-refractivity contribution in [3.8, 4) is 11.4 Å². The smallest absolute Gasteiger partial charge is 0.227 e. The first-order valence-corrected chi connectivity index (χ1v) is 7.66. The minimum absolute atomic E-state index is 0.111. The second-order valence-corrected chi connectivity index (χ2v) is 5.70. The number of amides is 1. The highest BCUT2D eigenvalue weighted by Crippen LogP contribution is 2.16. The number of hydrogen-bond acceptors (Lipinski definition) is 5. The maximum atomic E-state index is 12.9. The zero-order chi connectivity index (χ0) is 16.2. The van der Waals surface area contributed by atoms with E-state index in [1.807, 2.05) is 4.90 Å². The van der Waals surface area contributed by atoms with Crippen LogP contribution >= 0.6 is 0 Å². The molecule has 0 atom stereocenters. The lowest BCUT2D eigenvalue weighted by Gasteiger charge is -2.32. The van der Waals surface area contributed by atoms with Gasteiger partial charge in [0.05, 0.1) is 0 Å². The molecule has 23 heavy (non-hydrogen) atoms. The van der Waals surface area contributed by atoms with E-state index in [1.165, 1.54) is 12.1 Å². The van der Waals surface area contributed by atoms with Gasteiger partial charge in [-0.15, -0.1) is 0 Å². The highest BCUT2D eigenvalue weighted by molar-refractivity contribution is 5.76. The quantitative estimate of drug-likeness (QED) is 0.856. The number of hydrogen-bond donors (Lipinski definition) is 0. The van der Waals surface area contributed by atoms with Crippen LogP contribution in [0, 0.1) is 5.82 Å². The lowest BCUT2D eigenvalue weighted by atomic mass is 10.2. The average molecular weight is 318 g/mol. The fraction of sp³-hybridized carbons (Fsp3) is 0.438. The molecule has 0 saturated carbocycles. The van der Waals surface area contributed by atoms with Gasteiger partial charge in [-0.25, -0.2) is 4.39 Å². The number of aryl methyl sites for hydroxylation is 1. The number of likely N-dealkylation sites (N-methyl/N-ethyl adjacent to an activating group) is 1. The summed E-state index contributed by atoms with van der Waals surface area (Å²) in [7, 11) is 2.05. The molecule has 0 spiro atoms. The van der Waals surface area contributed by atoms with Crippen LogP contribution in [0.3, 0.4) is 0 Å². The van der Waals surface area contributed by atoms with Crippen LogP contribution in [0.15, 0.2) is 28.8 Å². The largest absolute Gasteiger partial charge is 0.340 e. The number of piperazine rings is 1. The molecule has 1 aliphatic heterocycles. The van der Waals surface area contributed by atoms with Gasteiger partial charge < -0.3 is 14.3 Å². The van der Waals surface area contributed by atoms with Gasteiger partial charge in [-0.3, -0.25) is 4.79 Å². The molecule has 0 radical (unpaired) electrons. The normalized spacial score (nSPS) is 15.8. The number of nitrogens with zero attached hydrogens (tertiary/aromatic N) is 4. The number of rotatable bonds is 4. The summed E-state index contributed by atoms with van der Waals surface area (Å²) in [6.45, 7) is 3.34. The van der Waals surface area contributed by atoms with Gasteiger partial charge in [-0.2, -0.15) is 4.98 Å². The number of aromatic nitrogens is 2. The Morgan fingerprint density at radius 3 is 2.61 bits per heavy atom. The second kappa shape index (κ2) is 6.87. The molecule has 2 heterocycles. The number of carbonyl (C=O) groups is 1. The van der Waals surface area contributed by atoms with E-state index in [1.54, 1.807) is 12.1 Å². The Labute approximate surface area is 133 Å². The molecular weight excluding hydrogens is 299 g/mol. The molecule has 0 bridgehead atoms. The van der Waals surface area contributed by atoms with E-state index in [4.69, 9.17) is 4.52 Å². The second-order valence-electron chi connectivity index (χ2n) is 5.70. The predicted molar refractivity (Wildman–Crippen MR) is 82.1 cm³/mol. The molecule has 1 aromatic carbocycles. The Bertz CT molecular complexity index is 663. The van der Waals surface area contributed by atoms with E-state index in [0.29, 0.717) is 30.1 Å². The molecular formula is C16H19FN4O2. The third-order valence-electron chi connectivity index (χ3n) is 3.98. The van der Waals surface area contributed by atoms with E-state index in [9.17, 15) is 9.18 Å². The van der Waals surface area contributed by atoms with E-state index >= 15 is 0 Å². The van der Waals surface area contributed by atoms with Crippen molar-refractivity contribution in [2.75, 3.05) is 33.2 Å². The van der Waals surface area contributed by atoms with Gasteiger partial charge in [-0.1, -0.05) is 5.16 Å². The summed E-state index contributed by atoms with van der Waals surface area (Å²) in [5.74, 6) is 0.633. The van der Waals surface area contributed by atoms with Gasteiger partial charge in [0, 0.05) is 44.6 Å². The van der Waals surface area contributed by atoms with Crippen molar-refractivity contribution in [1.82, 2.24) is 19.9 Å². The van der Waals surface area contributed by atoms with E-state index in [-0.39, 0.29) is 11.7 Å². The van der Waals surface area contributed by atoms with Crippen molar-refractivity contribution in [3.05, 3.63) is 36.0 Å². The van der Waals surface area contributed by atoms with E-state index in [2.05, 4.69) is 22.1 Å². The van der Waals surface area contributed by atoms with Gasteiger partial charge in [-0.05, 0) is 31.3 Å². The molecule has 0 N–H and O–H groups in total. The van der Waals surface area contributed by atoms with Crippen LogP contribution in [0.25, 0.3) is 11.4 Å². The minimum Gasteiger partial charge on any atom is -0.340 e. The number of carbonyl (C=O) groups excluding carboxylic acids is 1.